The third-order valence-corrected chi connectivity index (χ3v) is 11.9. The minimum atomic E-state index is -0.136. The lowest BCUT2D eigenvalue weighted by atomic mass is 10.0. The second kappa shape index (κ2) is 14.1. The van der Waals surface area contributed by atoms with Gasteiger partial charge in [0.05, 0.1) is 0 Å². The molecule has 4 heteroatoms. The third kappa shape index (κ3) is 7.66. The summed E-state index contributed by atoms with van der Waals surface area (Å²) in [6.07, 6.45) is 9.10. The van der Waals surface area contributed by atoms with Crippen molar-refractivity contribution in [1.82, 2.24) is 0 Å². The highest BCUT2D eigenvalue weighted by atomic mass is 32.1. The molecular weight excluding hydrogens is 619 g/mol. The Kier molecular flexibility index (Phi) is 9.51. The summed E-state index contributed by atoms with van der Waals surface area (Å²) < 4.78 is 29.3. The van der Waals surface area contributed by atoms with Crippen LogP contribution in [0.5, 0.6) is 0 Å². The van der Waals surface area contributed by atoms with Crippen LogP contribution in [0.1, 0.15) is 65.3 Å². The quantitative estimate of drug-likeness (QED) is 0.160. The maximum atomic E-state index is 14.7. The van der Waals surface area contributed by atoms with E-state index >= 15 is 0 Å². The lowest BCUT2D eigenvalue weighted by molar-refractivity contribution is 0.632. The Bertz CT molecular complexity index is 1950. The Morgan fingerprint density at radius 1 is 0.532 bits per heavy atom. The van der Waals surface area contributed by atoms with Gasteiger partial charge in [0.2, 0.25) is 0 Å². The minimum Gasteiger partial charge on any atom is -0.206 e. The fraction of sp³-hybridized carbons (Fsp3) is 0.256. The second-order valence-electron chi connectivity index (χ2n) is 13.2. The van der Waals surface area contributed by atoms with E-state index < -0.39 is 0 Å². The molecule has 2 aromatic heterocycles. The summed E-state index contributed by atoms with van der Waals surface area (Å²) in [7, 11) is 0. The number of halogens is 2. The Hall–Kier alpha value is -3.86. The van der Waals surface area contributed by atoms with E-state index in [9.17, 15) is 8.78 Å². The van der Waals surface area contributed by atoms with Crippen LogP contribution in [0.4, 0.5) is 8.78 Å². The molecule has 0 radical (unpaired) electrons. The van der Waals surface area contributed by atoms with Crippen LogP contribution < -0.4 is 0 Å². The van der Waals surface area contributed by atoms with Gasteiger partial charge >= 0.3 is 0 Å². The molecule has 47 heavy (non-hydrogen) atoms. The van der Waals surface area contributed by atoms with Crippen molar-refractivity contribution in [3.8, 4) is 43.1 Å². The number of hydrogen-bond donors (Lipinski definition) is 0. The maximum absolute atomic E-state index is 14.7. The normalized spacial score (nSPS) is 14.6. The molecule has 6 aromatic rings. The monoisotopic (exact) mass is 658 g/mol. The molecular formula is C43H40F2S2. The Morgan fingerprint density at radius 3 is 1.53 bits per heavy atom. The lowest BCUT2D eigenvalue weighted by Gasteiger charge is -2.07. The van der Waals surface area contributed by atoms with Crippen molar-refractivity contribution in [3.63, 3.8) is 0 Å². The fourth-order valence-electron chi connectivity index (χ4n) is 6.45. The summed E-state index contributed by atoms with van der Waals surface area (Å²) >= 11 is 3.49. The van der Waals surface area contributed by atoms with Crippen molar-refractivity contribution < 1.29 is 8.78 Å². The van der Waals surface area contributed by atoms with E-state index in [1.165, 1.54) is 59.4 Å². The second-order valence-corrected chi connectivity index (χ2v) is 15.5. The standard InChI is InChI=1S/C22H21FS.C21H19FS/c1-15-6-8-16(9-7-15)18-10-11-19(20(23)14-18)22-13-12-21(24-22)17-4-2-3-5-17;1-14-2-6-16(7-3-14)17-8-10-19(20(22)13-17)21-11-9-18(23-21)12-15-4-5-15/h6-14,17H,2-5H2,1H3;2-3,6-11,13,15H,4-5,12H2,1H3. The Morgan fingerprint density at radius 2 is 1.02 bits per heavy atom. The van der Waals surface area contributed by atoms with Crippen LogP contribution in [0.15, 0.2) is 109 Å². The number of hydrogen-bond acceptors (Lipinski definition) is 2. The first kappa shape index (κ1) is 31.7. The van der Waals surface area contributed by atoms with Crippen LogP contribution in [-0.2, 0) is 6.42 Å². The van der Waals surface area contributed by atoms with Gasteiger partial charge in [0.25, 0.3) is 0 Å². The largest absolute Gasteiger partial charge is 0.206 e. The molecule has 0 unspecified atom stereocenters. The van der Waals surface area contributed by atoms with Gasteiger partial charge in [0.15, 0.2) is 0 Å². The van der Waals surface area contributed by atoms with Crippen molar-refractivity contribution >= 4 is 22.7 Å². The van der Waals surface area contributed by atoms with Crippen molar-refractivity contribution in [1.29, 1.82) is 0 Å². The zero-order valence-corrected chi connectivity index (χ0v) is 28.7. The molecule has 238 valence electrons. The van der Waals surface area contributed by atoms with Crippen molar-refractivity contribution in [2.24, 2.45) is 5.92 Å². The van der Waals surface area contributed by atoms with Crippen molar-refractivity contribution in [2.75, 3.05) is 0 Å². The molecule has 8 rings (SSSR count). The lowest BCUT2D eigenvalue weighted by Crippen LogP contribution is -1.86. The molecule has 2 heterocycles. The van der Waals surface area contributed by atoms with Crippen LogP contribution >= 0.6 is 22.7 Å². The zero-order chi connectivity index (χ0) is 32.3. The number of benzene rings is 4. The predicted molar refractivity (Wildman–Crippen MR) is 197 cm³/mol. The molecule has 0 N–H and O–H groups in total. The van der Waals surface area contributed by atoms with E-state index in [-0.39, 0.29) is 11.6 Å². The molecule has 0 aliphatic heterocycles. The predicted octanol–water partition coefficient (Wildman–Crippen LogP) is 13.7. The van der Waals surface area contributed by atoms with Crippen LogP contribution in [0.25, 0.3) is 43.1 Å². The Balaban J connectivity index is 0.000000150. The molecule has 0 spiro atoms. The summed E-state index contributed by atoms with van der Waals surface area (Å²) in [6, 6.07) is 36.1. The van der Waals surface area contributed by atoms with E-state index in [0.29, 0.717) is 11.5 Å². The Labute approximate surface area is 285 Å². The van der Waals surface area contributed by atoms with Crippen LogP contribution in [0, 0.1) is 31.4 Å². The summed E-state index contributed by atoms with van der Waals surface area (Å²) in [4.78, 5) is 4.88. The third-order valence-electron chi connectivity index (χ3n) is 9.47. The summed E-state index contributed by atoms with van der Waals surface area (Å²) in [5.74, 6) is 1.30. The van der Waals surface area contributed by atoms with Gasteiger partial charge in [0.1, 0.15) is 11.6 Å². The topological polar surface area (TPSA) is 0 Å². The highest BCUT2D eigenvalue weighted by molar-refractivity contribution is 7.15. The first-order chi connectivity index (χ1) is 22.9. The minimum absolute atomic E-state index is 0.132. The highest BCUT2D eigenvalue weighted by Crippen LogP contribution is 2.41. The molecule has 0 amide bonds. The van der Waals surface area contributed by atoms with E-state index in [4.69, 9.17) is 0 Å². The molecule has 2 fully saturated rings. The summed E-state index contributed by atoms with van der Waals surface area (Å²) in [5, 5.41) is 0. The van der Waals surface area contributed by atoms with E-state index in [1.807, 2.05) is 48.5 Å². The molecule has 4 aromatic carbocycles. The van der Waals surface area contributed by atoms with Crippen molar-refractivity contribution in [3.05, 3.63) is 142 Å². The van der Waals surface area contributed by atoms with Gasteiger partial charge in [-0.3, -0.25) is 0 Å². The average molecular weight is 659 g/mol. The summed E-state index contributed by atoms with van der Waals surface area (Å²) in [6.45, 7) is 4.12. The average Bonchev–Trinajstić information content (AvgIpc) is 3.45. The smallest absolute Gasteiger partial charge is 0.132 e. The number of thiophene rings is 2. The first-order valence-corrected chi connectivity index (χ1v) is 18.5. The molecule has 0 saturated heterocycles. The van der Waals surface area contributed by atoms with Gasteiger partial charge in [-0.05, 0) is 129 Å². The van der Waals surface area contributed by atoms with Gasteiger partial charge in [-0.2, -0.15) is 0 Å². The SMILES string of the molecule is Cc1ccc(-c2ccc(-c3ccc(C4CCCC4)s3)c(F)c2)cc1.Cc1ccc(-c2ccc(-c3ccc(CC4CC4)s3)c(F)c2)cc1. The van der Waals surface area contributed by atoms with Gasteiger partial charge < -0.3 is 0 Å². The maximum Gasteiger partial charge on any atom is 0.132 e. The van der Waals surface area contributed by atoms with E-state index in [0.717, 1.165) is 49.9 Å². The molecule has 0 atom stereocenters. The molecule has 2 saturated carbocycles. The molecule has 2 aliphatic rings. The van der Waals surface area contributed by atoms with Gasteiger partial charge in [-0.25, -0.2) is 8.78 Å². The first-order valence-electron chi connectivity index (χ1n) is 16.8. The molecule has 0 nitrogen and oxygen atoms in total. The number of aryl methyl sites for hydroxylation is 2. The van der Waals surface area contributed by atoms with Crippen LogP contribution in [0.3, 0.4) is 0 Å². The van der Waals surface area contributed by atoms with E-state index in [2.05, 4.69) is 62.4 Å². The van der Waals surface area contributed by atoms with Crippen molar-refractivity contribution in [2.45, 2.75) is 64.7 Å². The molecule has 0 bridgehead atoms. The highest BCUT2D eigenvalue weighted by Gasteiger charge is 2.23. The summed E-state index contributed by atoms with van der Waals surface area (Å²) in [5.41, 5.74) is 7.85. The van der Waals surface area contributed by atoms with Gasteiger partial charge in [-0.15, -0.1) is 22.7 Å². The van der Waals surface area contributed by atoms with Crippen LogP contribution in [0.2, 0.25) is 0 Å². The zero-order valence-electron chi connectivity index (χ0n) is 27.1. The van der Waals surface area contributed by atoms with Gasteiger partial charge in [0, 0.05) is 30.6 Å². The van der Waals surface area contributed by atoms with Crippen LogP contribution in [-0.4, -0.2) is 0 Å². The van der Waals surface area contributed by atoms with E-state index in [1.54, 1.807) is 34.8 Å². The van der Waals surface area contributed by atoms with Gasteiger partial charge in [-0.1, -0.05) is 84.6 Å². The molecule has 2 aliphatic carbocycles. The number of rotatable bonds is 7. The fourth-order valence-corrected chi connectivity index (χ4v) is 8.80.